The van der Waals surface area contributed by atoms with E-state index >= 15 is 0 Å². The Morgan fingerprint density at radius 3 is 2.06 bits per heavy atom. The van der Waals surface area contributed by atoms with Crippen molar-refractivity contribution in [2.24, 2.45) is 5.92 Å². The predicted molar refractivity (Wildman–Crippen MR) is 133 cm³/mol. The number of nitrogens with zero attached hydrogens (tertiary/aromatic N) is 2. The second kappa shape index (κ2) is 12.5. The second-order valence-corrected chi connectivity index (χ2v) is 10.7. The lowest BCUT2D eigenvalue weighted by atomic mass is 10.1. The minimum atomic E-state index is -3.67. The number of carbonyl (C=O) groups excluding carboxylic acids is 2. The molecule has 0 bridgehead atoms. The summed E-state index contributed by atoms with van der Waals surface area (Å²) in [6.07, 6.45) is 1.08. The van der Waals surface area contributed by atoms with E-state index in [1.165, 1.54) is 4.90 Å². The molecule has 2 aromatic carbocycles. The maximum absolute atomic E-state index is 13.4. The van der Waals surface area contributed by atoms with Crippen molar-refractivity contribution >= 4 is 21.8 Å². The van der Waals surface area contributed by atoms with Gasteiger partial charge in [0.05, 0.1) is 19.9 Å². The standard InChI is InChI=1S/C25H35N3O5S/c1-19(2)15-26-25(30)20(3)28(17-22-11-13-23(33-4)14-12-22)24(29)18-27(34(5,31)32)16-21-9-7-6-8-10-21/h6-14,19-20H,15-18H2,1-5H3,(H,26,30). The Morgan fingerprint density at radius 1 is 0.941 bits per heavy atom. The van der Waals surface area contributed by atoms with Crippen LogP contribution in [0.25, 0.3) is 0 Å². The van der Waals surface area contributed by atoms with Gasteiger partial charge in [-0.05, 0) is 36.1 Å². The third-order valence-electron chi connectivity index (χ3n) is 5.35. The summed E-state index contributed by atoms with van der Waals surface area (Å²) in [4.78, 5) is 27.6. The summed E-state index contributed by atoms with van der Waals surface area (Å²) in [5.41, 5.74) is 1.57. The fraction of sp³-hybridized carbons (Fsp3) is 0.440. The number of hydrogen-bond acceptors (Lipinski definition) is 5. The predicted octanol–water partition coefficient (Wildman–Crippen LogP) is 2.65. The van der Waals surface area contributed by atoms with Gasteiger partial charge in [-0.25, -0.2) is 8.42 Å². The SMILES string of the molecule is COc1ccc(CN(C(=O)CN(Cc2ccccc2)S(C)(=O)=O)C(C)C(=O)NCC(C)C)cc1. The molecule has 1 N–H and O–H groups in total. The van der Waals surface area contributed by atoms with Crippen LogP contribution in [0.1, 0.15) is 31.9 Å². The topological polar surface area (TPSA) is 96.0 Å². The van der Waals surface area contributed by atoms with Gasteiger partial charge < -0.3 is 15.0 Å². The molecule has 0 aromatic heterocycles. The first-order chi connectivity index (χ1) is 16.0. The molecule has 34 heavy (non-hydrogen) atoms. The molecule has 2 aromatic rings. The maximum atomic E-state index is 13.4. The summed E-state index contributed by atoms with van der Waals surface area (Å²) in [6, 6.07) is 15.5. The fourth-order valence-corrected chi connectivity index (χ4v) is 4.01. The third-order valence-corrected chi connectivity index (χ3v) is 6.54. The van der Waals surface area contributed by atoms with Crippen molar-refractivity contribution in [3.05, 3.63) is 65.7 Å². The van der Waals surface area contributed by atoms with Crippen LogP contribution in [0.3, 0.4) is 0 Å². The number of hydrogen-bond donors (Lipinski definition) is 1. The Kier molecular flexibility index (Phi) is 10.1. The molecule has 0 aliphatic carbocycles. The largest absolute Gasteiger partial charge is 0.497 e. The van der Waals surface area contributed by atoms with Crippen molar-refractivity contribution in [3.8, 4) is 5.75 Å². The highest BCUT2D eigenvalue weighted by Crippen LogP contribution is 2.16. The van der Waals surface area contributed by atoms with Gasteiger partial charge in [0.2, 0.25) is 21.8 Å². The van der Waals surface area contributed by atoms with Crippen LogP contribution < -0.4 is 10.1 Å². The van der Waals surface area contributed by atoms with E-state index in [2.05, 4.69) is 5.32 Å². The summed E-state index contributed by atoms with van der Waals surface area (Å²) in [5, 5.41) is 2.86. The molecule has 0 saturated carbocycles. The van der Waals surface area contributed by atoms with E-state index in [1.54, 1.807) is 38.3 Å². The Bertz CT molecular complexity index is 1040. The fourth-order valence-electron chi connectivity index (χ4n) is 3.28. The number of nitrogens with one attached hydrogen (secondary N) is 1. The molecule has 186 valence electrons. The molecule has 0 aliphatic rings. The molecule has 2 rings (SSSR count). The molecule has 0 heterocycles. The highest BCUT2D eigenvalue weighted by Gasteiger charge is 2.30. The molecule has 1 atom stereocenters. The molecule has 0 radical (unpaired) electrons. The lowest BCUT2D eigenvalue weighted by molar-refractivity contribution is -0.140. The number of methoxy groups -OCH3 is 1. The quantitative estimate of drug-likeness (QED) is 0.495. The van der Waals surface area contributed by atoms with E-state index in [-0.39, 0.29) is 31.5 Å². The van der Waals surface area contributed by atoms with Crippen LogP contribution in [0, 0.1) is 5.92 Å². The molecule has 1 unspecified atom stereocenters. The highest BCUT2D eigenvalue weighted by molar-refractivity contribution is 7.88. The highest BCUT2D eigenvalue weighted by atomic mass is 32.2. The molecule has 0 fully saturated rings. The van der Waals surface area contributed by atoms with E-state index in [4.69, 9.17) is 4.74 Å². The van der Waals surface area contributed by atoms with Crippen LogP contribution >= 0.6 is 0 Å². The summed E-state index contributed by atoms with van der Waals surface area (Å²) in [7, 11) is -2.10. The molecular weight excluding hydrogens is 454 g/mol. The van der Waals surface area contributed by atoms with Gasteiger partial charge in [-0.3, -0.25) is 9.59 Å². The molecule has 0 aliphatic heterocycles. The number of sulfonamides is 1. The number of amides is 2. The van der Waals surface area contributed by atoms with Crippen molar-refractivity contribution in [2.75, 3.05) is 26.5 Å². The van der Waals surface area contributed by atoms with E-state index in [0.717, 1.165) is 21.7 Å². The lowest BCUT2D eigenvalue weighted by Crippen LogP contribution is -2.51. The van der Waals surface area contributed by atoms with E-state index in [9.17, 15) is 18.0 Å². The Labute approximate surface area is 202 Å². The van der Waals surface area contributed by atoms with Crippen molar-refractivity contribution < 1.29 is 22.7 Å². The first-order valence-corrected chi connectivity index (χ1v) is 13.0. The van der Waals surface area contributed by atoms with E-state index in [0.29, 0.717) is 12.3 Å². The Morgan fingerprint density at radius 2 is 1.53 bits per heavy atom. The van der Waals surface area contributed by atoms with Crippen molar-refractivity contribution in [3.63, 3.8) is 0 Å². The molecule has 0 saturated heterocycles. The maximum Gasteiger partial charge on any atom is 0.242 e. The van der Waals surface area contributed by atoms with Crippen LogP contribution in [-0.2, 0) is 32.7 Å². The molecule has 9 heteroatoms. The lowest BCUT2D eigenvalue weighted by Gasteiger charge is -2.31. The monoisotopic (exact) mass is 489 g/mol. The van der Waals surface area contributed by atoms with Crippen LogP contribution in [0.2, 0.25) is 0 Å². The molecule has 8 nitrogen and oxygen atoms in total. The zero-order chi connectivity index (χ0) is 25.3. The average molecular weight is 490 g/mol. The zero-order valence-corrected chi connectivity index (χ0v) is 21.3. The van der Waals surface area contributed by atoms with Crippen molar-refractivity contribution in [1.29, 1.82) is 0 Å². The molecule has 0 spiro atoms. The van der Waals surface area contributed by atoms with Crippen LogP contribution in [0.15, 0.2) is 54.6 Å². The minimum Gasteiger partial charge on any atom is -0.497 e. The smallest absolute Gasteiger partial charge is 0.242 e. The van der Waals surface area contributed by atoms with Gasteiger partial charge in [0, 0.05) is 19.6 Å². The zero-order valence-electron chi connectivity index (χ0n) is 20.5. The first kappa shape index (κ1) is 27.3. The summed E-state index contributed by atoms with van der Waals surface area (Å²) in [6.45, 7) is 5.96. The number of benzene rings is 2. The van der Waals surface area contributed by atoms with Gasteiger partial charge in [-0.2, -0.15) is 4.31 Å². The van der Waals surface area contributed by atoms with Gasteiger partial charge in [0.1, 0.15) is 11.8 Å². The number of ether oxygens (including phenoxy) is 1. The van der Waals surface area contributed by atoms with Crippen molar-refractivity contribution in [1.82, 2.24) is 14.5 Å². The van der Waals surface area contributed by atoms with Crippen molar-refractivity contribution in [2.45, 2.75) is 39.9 Å². The normalized spacial score (nSPS) is 12.4. The summed E-state index contributed by atoms with van der Waals surface area (Å²) < 4.78 is 31.3. The van der Waals surface area contributed by atoms with Crippen LogP contribution in [0.5, 0.6) is 5.75 Å². The van der Waals surface area contributed by atoms with E-state index < -0.39 is 22.0 Å². The number of carbonyl (C=O) groups is 2. The van der Waals surface area contributed by atoms with E-state index in [1.807, 2.05) is 44.2 Å². The van der Waals surface area contributed by atoms with Gasteiger partial charge >= 0.3 is 0 Å². The van der Waals surface area contributed by atoms with Crippen LogP contribution in [0.4, 0.5) is 0 Å². The minimum absolute atomic E-state index is 0.0652. The van der Waals surface area contributed by atoms with Gasteiger partial charge in [0.15, 0.2) is 0 Å². The second-order valence-electron chi connectivity index (χ2n) is 8.70. The van der Waals surface area contributed by atoms with Gasteiger partial charge in [-0.1, -0.05) is 56.3 Å². The Hall–Kier alpha value is -2.91. The van der Waals surface area contributed by atoms with Crippen LogP contribution in [-0.4, -0.2) is 61.9 Å². The molecule has 2 amide bonds. The first-order valence-electron chi connectivity index (χ1n) is 11.2. The summed E-state index contributed by atoms with van der Waals surface area (Å²) >= 11 is 0. The van der Waals surface area contributed by atoms with Gasteiger partial charge in [0.25, 0.3) is 0 Å². The number of rotatable bonds is 12. The molecular formula is C25H35N3O5S. The van der Waals surface area contributed by atoms with Gasteiger partial charge in [-0.15, -0.1) is 0 Å². The summed E-state index contributed by atoms with van der Waals surface area (Å²) in [5.74, 6) is 0.192. The Balaban J connectivity index is 2.28. The third kappa shape index (κ3) is 8.46. The average Bonchev–Trinajstić information content (AvgIpc) is 2.80.